The minimum absolute atomic E-state index is 0.0629. The average Bonchev–Trinajstić information content (AvgIpc) is 3.22. The van der Waals surface area contributed by atoms with Crippen LogP contribution in [0.1, 0.15) is 51.4 Å². The van der Waals surface area contributed by atoms with Crippen LogP contribution in [-0.4, -0.2) is 61.6 Å². The molecule has 5 unspecified atom stereocenters. The van der Waals surface area contributed by atoms with Gasteiger partial charge in [-0.25, -0.2) is 15.2 Å². The number of nitrogens with one attached hydrogen (secondary N) is 4. The molecule has 3 aliphatic rings. The lowest BCUT2D eigenvalue weighted by Gasteiger charge is -2.29. The van der Waals surface area contributed by atoms with E-state index in [4.69, 9.17) is 16.3 Å². The van der Waals surface area contributed by atoms with Gasteiger partial charge in [-0.2, -0.15) is 13.2 Å². The molecule has 0 aromatic heterocycles. The first-order chi connectivity index (χ1) is 15.2. The van der Waals surface area contributed by atoms with Gasteiger partial charge < -0.3 is 10.1 Å². The highest BCUT2D eigenvalue weighted by atomic mass is 35.5. The number of aliphatic imine (C=N–C) groups is 1. The Labute approximate surface area is 190 Å². The molecule has 12 heteroatoms. The van der Waals surface area contributed by atoms with Gasteiger partial charge in [-0.1, -0.05) is 0 Å². The van der Waals surface area contributed by atoms with Gasteiger partial charge >= 0.3 is 6.18 Å². The predicted octanol–water partition coefficient (Wildman–Crippen LogP) is 2.75. The molecule has 3 rings (SSSR count). The number of hydrogen-bond donors (Lipinski definition) is 4. The van der Waals surface area contributed by atoms with Crippen molar-refractivity contribution in [3.8, 4) is 0 Å². The van der Waals surface area contributed by atoms with E-state index in [1.165, 1.54) is 0 Å². The lowest BCUT2D eigenvalue weighted by molar-refractivity contribution is -0.153. The summed E-state index contributed by atoms with van der Waals surface area (Å²) in [5.41, 5.74) is 4.77. The molecule has 1 aliphatic heterocycles. The Bertz CT molecular complexity index is 660. The number of nitrogens with zero attached hydrogens (tertiary/aromatic N) is 1. The van der Waals surface area contributed by atoms with Crippen molar-refractivity contribution in [3.05, 3.63) is 0 Å². The van der Waals surface area contributed by atoms with Gasteiger partial charge in [0.25, 0.3) is 0 Å². The number of methoxy groups -OCH3 is 1. The molecule has 0 radical (unpaired) electrons. The van der Waals surface area contributed by atoms with Crippen LogP contribution in [0.25, 0.3) is 0 Å². The van der Waals surface area contributed by atoms with Crippen molar-refractivity contribution in [1.82, 2.24) is 21.5 Å². The minimum atomic E-state index is -4.39. The maximum absolute atomic E-state index is 13.5. The Morgan fingerprint density at radius 2 is 1.84 bits per heavy atom. The number of carbonyl (C=O) groups is 1. The third-order valence-corrected chi connectivity index (χ3v) is 7.09. The summed E-state index contributed by atoms with van der Waals surface area (Å²) in [5, 5.41) is 5.26. The third kappa shape index (κ3) is 7.16. The monoisotopic (exact) mass is 485 g/mol. The van der Waals surface area contributed by atoms with Gasteiger partial charge in [0.2, 0.25) is 5.91 Å². The van der Waals surface area contributed by atoms with Crippen LogP contribution in [0.5, 0.6) is 0 Å². The summed E-state index contributed by atoms with van der Waals surface area (Å²) < 4.78 is 57.8. The minimum Gasteiger partial charge on any atom is -0.381 e. The smallest absolute Gasteiger partial charge is 0.381 e. The fourth-order valence-electron chi connectivity index (χ4n) is 4.48. The zero-order valence-corrected chi connectivity index (χ0v) is 18.8. The molecule has 1 saturated heterocycles. The second-order valence-electron chi connectivity index (χ2n) is 8.89. The van der Waals surface area contributed by atoms with Crippen molar-refractivity contribution in [3.63, 3.8) is 0 Å². The van der Waals surface area contributed by atoms with Crippen LogP contribution in [0.4, 0.5) is 17.6 Å². The molecule has 5 atom stereocenters. The van der Waals surface area contributed by atoms with Crippen LogP contribution in [0.3, 0.4) is 0 Å². The second kappa shape index (κ2) is 11.3. The van der Waals surface area contributed by atoms with Crippen molar-refractivity contribution in [1.29, 1.82) is 0 Å². The molecule has 0 bridgehead atoms. The average molecular weight is 486 g/mol. The van der Waals surface area contributed by atoms with Crippen molar-refractivity contribution < 1.29 is 27.1 Å². The largest absolute Gasteiger partial charge is 0.405 e. The van der Waals surface area contributed by atoms with E-state index in [1.807, 2.05) is 0 Å². The number of carbonyl (C=O) groups excluding carboxylic acids is 1. The normalized spacial score (nSPS) is 36.7. The van der Waals surface area contributed by atoms with Crippen molar-refractivity contribution in [2.75, 3.05) is 13.7 Å². The molecular formula is C20H32ClF4N5O2. The third-order valence-electron chi connectivity index (χ3n) is 6.56. The quantitative estimate of drug-likeness (QED) is 0.208. The number of halogens is 5. The maximum atomic E-state index is 13.5. The summed E-state index contributed by atoms with van der Waals surface area (Å²) >= 11 is 6.28. The summed E-state index contributed by atoms with van der Waals surface area (Å²) in [5.74, 6) is -0.392. The molecule has 1 amide bonds. The fourth-order valence-corrected chi connectivity index (χ4v) is 4.87. The number of ether oxygens (including phenoxy) is 1. The molecule has 3 fully saturated rings. The summed E-state index contributed by atoms with van der Waals surface area (Å²) in [6.07, 6.45) is -2.09. The first-order valence-electron chi connectivity index (χ1n) is 11.2. The number of alkyl halides is 5. The Morgan fingerprint density at radius 3 is 2.44 bits per heavy atom. The van der Waals surface area contributed by atoms with E-state index in [9.17, 15) is 22.4 Å². The maximum Gasteiger partial charge on any atom is 0.405 e. The van der Waals surface area contributed by atoms with Crippen LogP contribution in [0.2, 0.25) is 0 Å². The van der Waals surface area contributed by atoms with E-state index in [0.717, 1.165) is 12.8 Å². The molecule has 4 N–H and O–H groups in total. The molecule has 1 heterocycles. The van der Waals surface area contributed by atoms with Gasteiger partial charge in [-0.3, -0.25) is 15.1 Å². The van der Waals surface area contributed by atoms with E-state index >= 15 is 0 Å². The molecule has 0 spiro atoms. The highest BCUT2D eigenvalue weighted by molar-refractivity contribution is 6.20. The Kier molecular flexibility index (Phi) is 8.99. The zero-order valence-electron chi connectivity index (χ0n) is 18.1. The summed E-state index contributed by atoms with van der Waals surface area (Å²) in [6.45, 7) is 0.253. The lowest BCUT2D eigenvalue weighted by atomic mass is 9.87. The van der Waals surface area contributed by atoms with Crippen LogP contribution >= 0.6 is 11.6 Å². The summed E-state index contributed by atoms with van der Waals surface area (Å²) in [7, 11) is 1.65. The fraction of sp³-hybridized carbons (Fsp3) is 0.900. The number of hydrazine groups is 1. The van der Waals surface area contributed by atoms with Crippen LogP contribution in [-0.2, 0) is 9.53 Å². The Balaban J connectivity index is 1.62. The van der Waals surface area contributed by atoms with E-state index in [2.05, 4.69) is 26.5 Å². The summed E-state index contributed by atoms with van der Waals surface area (Å²) in [4.78, 5) is 17.2. The molecule has 32 heavy (non-hydrogen) atoms. The topological polar surface area (TPSA) is 86.8 Å². The van der Waals surface area contributed by atoms with E-state index in [1.54, 1.807) is 7.11 Å². The highest BCUT2D eigenvalue weighted by Gasteiger charge is 2.44. The van der Waals surface area contributed by atoms with Crippen LogP contribution in [0, 0.1) is 11.8 Å². The lowest BCUT2D eigenvalue weighted by Crippen LogP contribution is -2.52. The van der Waals surface area contributed by atoms with E-state index < -0.39 is 24.6 Å². The summed E-state index contributed by atoms with van der Waals surface area (Å²) in [6, 6.07) is -1.70. The molecule has 2 saturated carbocycles. The van der Waals surface area contributed by atoms with Gasteiger partial charge in [-0.15, -0.1) is 11.6 Å². The second-order valence-corrected chi connectivity index (χ2v) is 9.45. The highest BCUT2D eigenvalue weighted by Crippen LogP contribution is 2.31. The van der Waals surface area contributed by atoms with Gasteiger partial charge in [0.05, 0.1) is 12.3 Å². The standard InChI is InChI=1S/C20H32ClF4N5O2/c1-32-14-6-3-11(4-7-14)18(31)28-19(26-10-12-2-5-13(22)8-15(12)21)27-17-9-16(29-30-17)20(23,24)25/h11-17,29-30H,2-10H2,1H3,(H2,26,27,28,31). The van der Waals surface area contributed by atoms with Gasteiger partial charge in [-0.05, 0) is 50.9 Å². The van der Waals surface area contributed by atoms with Crippen molar-refractivity contribution >= 4 is 23.5 Å². The molecule has 2 aliphatic carbocycles. The van der Waals surface area contributed by atoms with Crippen molar-refractivity contribution in [2.45, 2.75) is 87.4 Å². The molecular weight excluding hydrogens is 454 g/mol. The van der Waals surface area contributed by atoms with Gasteiger partial charge in [0, 0.05) is 31.4 Å². The van der Waals surface area contributed by atoms with Crippen LogP contribution in [0.15, 0.2) is 4.99 Å². The first-order valence-corrected chi connectivity index (χ1v) is 11.6. The number of hydrogen-bond acceptors (Lipinski definition) is 5. The molecule has 7 nitrogen and oxygen atoms in total. The number of amides is 1. The first kappa shape index (κ1) is 25.5. The number of guanidine groups is 1. The van der Waals surface area contributed by atoms with E-state index in [-0.39, 0.29) is 54.6 Å². The molecule has 0 aromatic carbocycles. The van der Waals surface area contributed by atoms with E-state index in [0.29, 0.717) is 25.7 Å². The number of rotatable bonds is 5. The van der Waals surface area contributed by atoms with Crippen LogP contribution < -0.4 is 21.5 Å². The predicted molar refractivity (Wildman–Crippen MR) is 113 cm³/mol. The van der Waals surface area contributed by atoms with Gasteiger partial charge in [0.1, 0.15) is 12.2 Å². The molecule has 0 aromatic rings. The zero-order chi connectivity index (χ0) is 23.3. The Hall–Kier alpha value is -1.17. The Morgan fingerprint density at radius 1 is 1.12 bits per heavy atom. The SMILES string of the molecule is COC1CCC(C(=O)NC(=NCC2CCC(F)CC2Cl)NC2CC(C(F)(F)F)NN2)CC1. The van der Waals surface area contributed by atoms with Gasteiger partial charge in [0.15, 0.2) is 5.96 Å². The molecule has 184 valence electrons. The van der Waals surface area contributed by atoms with Crippen molar-refractivity contribution in [2.24, 2.45) is 16.8 Å².